The molecule has 1 aromatic carbocycles. The minimum Gasteiger partial charge on any atom is -0.399 e. The van der Waals surface area contributed by atoms with Crippen LogP contribution < -0.4 is 5.73 Å². The van der Waals surface area contributed by atoms with Crippen LogP contribution in [0.25, 0.3) is 0 Å². The van der Waals surface area contributed by atoms with Crippen molar-refractivity contribution in [3.05, 3.63) is 23.5 Å². The van der Waals surface area contributed by atoms with E-state index >= 15 is 0 Å². The van der Waals surface area contributed by atoms with Gasteiger partial charge in [-0.2, -0.15) is 4.31 Å². The van der Waals surface area contributed by atoms with E-state index in [1.54, 1.807) is 0 Å². The first-order valence-corrected chi connectivity index (χ1v) is 7.27. The zero-order valence-corrected chi connectivity index (χ0v) is 11.8. The van der Waals surface area contributed by atoms with Crippen molar-refractivity contribution in [1.29, 1.82) is 0 Å². The number of anilines is 1. The van der Waals surface area contributed by atoms with Crippen LogP contribution in [0.4, 0.5) is 10.1 Å². The second kappa shape index (κ2) is 6.04. The van der Waals surface area contributed by atoms with E-state index in [2.05, 4.69) is 5.92 Å². The topological polar surface area (TPSA) is 63.4 Å². The maximum Gasteiger partial charge on any atom is 0.246 e. The van der Waals surface area contributed by atoms with Gasteiger partial charge in [0.15, 0.2) is 0 Å². The van der Waals surface area contributed by atoms with Crippen LogP contribution in [0.3, 0.4) is 0 Å². The highest BCUT2D eigenvalue weighted by molar-refractivity contribution is 7.89. The van der Waals surface area contributed by atoms with Gasteiger partial charge >= 0.3 is 0 Å². The van der Waals surface area contributed by atoms with E-state index in [0.29, 0.717) is 6.42 Å². The van der Waals surface area contributed by atoms with E-state index in [0.717, 1.165) is 10.4 Å². The van der Waals surface area contributed by atoms with E-state index < -0.39 is 20.7 Å². The number of hydrogen-bond donors (Lipinski definition) is 1. The summed E-state index contributed by atoms with van der Waals surface area (Å²) in [6.07, 6.45) is 5.74. The van der Waals surface area contributed by atoms with E-state index in [-0.39, 0.29) is 24.3 Å². The Labute approximate surface area is 113 Å². The Balaban J connectivity index is 3.37. The first kappa shape index (κ1) is 15.5. The third-order valence-corrected chi connectivity index (χ3v) is 4.45. The molecule has 104 valence electrons. The van der Waals surface area contributed by atoms with Crippen molar-refractivity contribution in [2.75, 3.05) is 18.8 Å². The maximum absolute atomic E-state index is 14.0. The maximum atomic E-state index is 14.0. The summed E-state index contributed by atoms with van der Waals surface area (Å²) < 4.78 is 39.8. The summed E-state index contributed by atoms with van der Waals surface area (Å²) >= 11 is 0. The molecule has 1 aromatic rings. The number of nitrogens with two attached hydrogens (primary N) is 1. The van der Waals surface area contributed by atoms with Crippen molar-refractivity contribution in [2.24, 2.45) is 0 Å². The van der Waals surface area contributed by atoms with Crippen LogP contribution in [0.1, 0.15) is 18.9 Å². The zero-order chi connectivity index (χ0) is 14.6. The number of halogens is 1. The van der Waals surface area contributed by atoms with Crippen molar-refractivity contribution in [1.82, 2.24) is 4.31 Å². The molecule has 0 spiro atoms. The first-order chi connectivity index (χ1) is 8.84. The Hall–Kier alpha value is -1.58. The van der Waals surface area contributed by atoms with Gasteiger partial charge in [-0.05, 0) is 31.0 Å². The van der Waals surface area contributed by atoms with Crippen LogP contribution in [0.5, 0.6) is 0 Å². The van der Waals surface area contributed by atoms with Crippen molar-refractivity contribution >= 4 is 15.7 Å². The average molecular weight is 284 g/mol. The van der Waals surface area contributed by atoms with Crippen LogP contribution in [0, 0.1) is 25.1 Å². The number of hydrogen-bond acceptors (Lipinski definition) is 3. The third kappa shape index (κ3) is 3.25. The fraction of sp³-hybridized carbons (Fsp3) is 0.385. The summed E-state index contributed by atoms with van der Waals surface area (Å²) in [5, 5.41) is 0. The molecule has 19 heavy (non-hydrogen) atoms. The van der Waals surface area contributed by atoms with Crippen molar-refractivity contribution < 1.29 is 12.8 Å². The molecular formula is C13H17FN2O2S. The van der Waals surface area contributed by atoms with Gasteiger partial charge in [-0.1, -0.05) is 12.8 Å². The van der Waals surface area contributed by atoms with Crippen LogP contribution in [-0.2, 0) is 10.0 Å². The van der Waals surface area contributed by atoms with Crippen molar-refractivity contribution in [3.63, 3.8) is 0 Å². The molecule has 0 radical (unpaired) electrons. The highest BCUT2D eigenvalue weighted by Gasteiger charge is 2.27. The molecule has 0 fully saturated rings. The molecule has 6 heteroatoms. The van der Waals surface area contributed by atoms with Crippen molar-refractivity contribution in [2.45, 2.75) is 25.2 Å². The summed E-state index contributed by atoms with van der Waals surface area (Å²) in [6.45, 7) is 3.43. The monoisotopic (exact) mass is 284 g/mol. The second-order valence-electron chi connectivity index (χ2n) is 4.19. The van der Waals surface area contributed by atoms with Crippen LogP contribution in [-0.4, -0.2) is 25.8 Å². The number of terminal acetylenes is 1. The lowest BCUT2D eigenvalue weighted by Gasteiger charge is -2.20. The van der Waals surface area contributed by atoms with Crippen molar-refractivity contribution in [3.8, 4) is 12.3 Å². The Kier molecular flexibility index (Phi) is 4.92. The zero-order valence-electron chi connectivity index (χ0n) is 11.0. The normalized spacial score (nSPS) is 11.5. The molecule has 0 aliphatic heterocycles. The minimum atomic E-state index is -3.97. The van der Waals surface area contributed by atoms with Crippen LogP contribution in [0.15, 0.2) is 17.0 Å². The summed E-state index contributed by atoms with van der Waals surface area (Å²) in [5.41, 5.74) is 5.98. The molecule has 0 amide bonds. The Morgan fingerprint density at radius 1 is 1.47 bits per heavy atom. The summed E-state index contributed by atoms with van der Waals surface area (Å²) in [7, 11) is -3.97. The Morgan fingerprint density at radius 2 is 2.11 bits per heavy atom. The van der Waals surface area contributed by atoms with Gasteiger partial charge in [0.2, 0.25) is 10.0 Å². The Bertz CT molecular complexity index is 606. The SMILES string of the molecule is C#CCN(CCC)S(=O)(=O)c1cc(N)cc(C)c1F. The lowest BCUT2D eigenvalue weighted by Crippen LogP contribution is -2.33. The number of sulfonamides is 1. The minimum absolute atomic E-state index is 0.0938. The quantitative estimate of drug-likeness (QED) is 0.662. The predicted molar refractivity (Wildman–Crippen MR) is 73.4 cm³/mol. The van der Waals surface area contributed by atoms with Gasteiger partial charge in [-0.3, -0.25) is 0 Å². The molecule has 0 aliphatic carbocycles. The smallest absolute Gasteiger partial charge is 0.246 e. The molecule has 4 nitrogen and oxygen atoms in total. The van der Waals surface area contributed by atoms with Gasteiger partial charge in [0.1, 0.15) is 10.7 Å². The van der Waals surface area contributed by atoms with E-state index in [4.69, 9.17) is 12.2 Å². The summed E-state index contributed by atoms with van der Waals surface area (Å²) in [6, 6.07) is 2.51. The highest BCUT2D eigenvalue weighted by atomic mass is 32.2. The standard InChI is InChI=1S/C13H17FN2O2S/c1-4-6-16(7-5-2)19(17,18)12-9-11(15)8-10(3)13(12)14/h1,8-9H,5-7,15H2,2-3H3. The second-order valence-corrected chi connectivity index (χ2v) is 6.10. The first-order valence-electron chi connectivity index (χ1n) is 5.83. The van der Waals surface area contributed by atoms with E-state index in [1.165, 1.54) is 13.0 Å². The number of nitrogens with zero attached hydrogens (tertiary/aromatic N) is 1. The van der Waals surface area contributed by atoms with Gasteiger partial charge in [-0.15, -0.1) is 6.42 Å². The fourth-order valence-corrected chi connectivity index (χ4v) is 3.34. The molecule has 1 rings (SSSR count). The van der Waals surface area contributed by atoms with Crippen LogP contribution >= 0.6 is 0 Å². The Morgan fingerprint density at radius 3 is 2.63 bits per heavy atom. The van der Waals surface area contributed by atoms with E-state index in [9.17, 15) is 12.8 Å². The van der Waals surface area contributed by atoms with Gasteiger partial charge in [0, 0.05) is 12.2 Å². The third-order valence-electron chi connectivity index (χ3n) is 2.60. The molecule has 0 bridgehead atoms. The molecule has 0 atom stereocenters. The fourth-order valence-electron chi connectivity index (χ4n) is 1.73. The van der Waals surface area contributed by atoms with E-state index in [1.807, 2.05) is 6.92 Å². The molecule has 0 saturated heterocycles. The summed E-state index contributed by atoms with van der Waals surface area (Å²) in [5.74, 6) is 1.49. The number of benzene rings is 1. The molecular weight excluding hydrogens is 267 g/mol. The molecule has 0 unspecified atom stereocenters. The van der Waals surface area contributed by atoms with Gasteiger partial charge in [-0.25, -0.2) is 12.8 Å². The lowest BCUT2D eigenvalue weighted by atomic mass is 10.2. The summed E-state index contributed by atoms with van der Waals surface area (Å²) in [4.78, 5) is -0.422. The lowest BCUT2D eigenvalue weighted by molar-refractivity contribution is 0.440. The largest absolute Gasteiger partial charge is 0.399 e. The molecule has 0 saturated carbocycles. The molecule has 0 aromatic heterocycles. The predicted octanol–water partition coefficient (Wildman–Crippen LogP) is 1.75. The van der Waals surface area contributed by atoms with Gasteiger partial charge in [0.05, 0.1) is 6.54 Å². The number of rotatable bonds is 5. The molecule has 0 heterocycles. The van der Waals surface area contributed by atoms with Crippen LogP contribution in [0.2, 0.25) is 0 Å². The molecule has 2 N–H and O–H groups in total. The average Bonchev–Trinajstić information content (AvgIpc) is 2.33. The highest BCUT2D eigenvalue weighted by Crippen LogP contribution is 2.24. The van der Waals surface area contributed by atoms with Gasteiger partial charge < -0.3 is 5.73 Å². The van der Waals surface area contributed by atoms with Gasteiger partial charge in [0.25, 0.3) is 0 Å². The molecule has 0 aliphatic rings. The number of nitrogen functional groups attached to an aromatic ring is 1. The number of aryl methyl sites for hydroxylation is 1.